The number of H-pyrrole nitrogens is 1. The summed E-state index contributed by atoms with van der Waals surface area (Å²) < 4.78 is 4.42. The third-order valence-corrected chi connectivity index (χ3v) is 1.69. The highest BCUT2D eigenvalue weighted by Gasteiger charge is 2.09. The highest BCUT2D eigenvalue weighted by atomic mass is 16.5. The Morgan fingerprint density at radius 1 is 1.67 bits per heavy atom. The molecule has 0 unspecified atom stereocenters. The third-order valence-electron chi connectivity index (χ3n) is 1.69. The topological polar surface area (TPSA) is 92.3 Å². The molecule has 0 aliphatic carbocycles. The number of carboxylic acid groups (broad SMARTS) is 1. The summed E-state index contributed by atoms with van der Waals surface area (Å²) in [5.41, 5.74) is 0.419. The Bertz CT molecular complexity index is 395. The van der Waals surface area contributed by atoms with Crippen LogP contribution in [0.5, 0.6) is 0 Å². The van der Waals surface area contributed by atoms with Crippen LogP contribution in [0, 0.1) is 0 Å². The first-order valence-electron chi connectivity index (χ1n) is 4.15. The van der Waals surface area contributed by atoms with Crippen molar-refractivity contribution in [1.82, 2.24) is 10.2 Å². The van der Waals surface area contributed by atoms with Crippen LogP contribution in [0.25, 0.3) is 6.08 Å². The van der Waals surface area contributed by atoms with Gasteiger partial charge in [-0.2, -0.15) is 5.10 Å². The van der Waals surface area contributed by atoms with E-state index in [4.69, 9.17) is 5.11 Å². The number of nitrogens with zero attached hydrogens (tertiary/aromatic N) is 1. The van der Waals surface area contributed by atoms with Crippen molar-refractivity contribution in [1.29, 1.82) is 0 Å². The van der Waals surface area contributed by atoms with Crippen molar-refractivity contribution in [3.8, 4) is 0 Å². The Morgan fingerprint density at radius 3 is 3.00 bits per heavy atom. The lowest BCUT2D eigenvalue weighted by Gasteiger charge is -1.92. The van der Waals surface area contributed by atoms with Crippen molar-refractivity contribution in [2.45, 2.75) is 6.42 Å². The van der Waals surface area contributed by atoms with Crippen LogP contribution in [0.1, 0.15) is 22.5 Å². The summed E-state index contributed by atoms with van der Waals surface area (Å²) in [5, 5.41) is 14.6. The number of carboxylic acids is 1. The van der Waals surface area contributed by atoms with E-state index in [1.54, 1.807) is 0 Å². The number of carbonyl (C=O) groups excluding carboxylic acids is 1. The summed E-state index contributed by atoms with van der Waals surface area (Å²) in [7, 11) is 1.29. The van der Waals surface area contributed by atoms with Gasteiger partial charge in [0, 0.05) is 5.56 Å². The molecule has 0 fully saturated rings. The number of rotatable bonds is 4. The van der Waals surface area contributed by atoms with Crippen molar-refractivity contribution >= 4 is 18.0 Å². The minimum absolute atomic E-state index is 0.00360. The van der Waals surface area contributed by atoms with Crippen molar-refractivity contribution in [2.24, 2.45) is 0 Å². The van der Waals surface area contributed by atoms with Gasteiger partial charge in [0.2, 0.25) is 0 Å². The molecule has 2 N–H and O–H groups in total. The molecule has 0 amide bonds. The van der Waals surface area contributed by atoms with Crippen LogP contribution in [0.2, 0.25) is 0 Å². The zero-order valence-electron chi connectivity index (χ0n) is 8.06. The van der Waals surface area contributed by atoms with E-state index in [1.807, 2.05) is 0 Å². The molecule has 15 heavy (non-hydrogen) atoms. The van der Waals surface area contributed by atoms with Crippen LogP contribution in [0.15, 0.2) is 12.3 Å². The molecule has 0 saturated heterocycles. The zero-order valence-corrected chi connectivity index (χ0v) is 8.06. The van der Waals surface area contributed by atoms with E-state index < -0.39 is 5.97 Å². The number of nitrogens with one attached hydrogen (secondary N) is 1. The monoisotopic (exact) mass is 210 g/mol. The van der Waals surface area contributed by atoms with Gasteiger partial charge in [0.15, 0.2) is 5.69 Å². The SMILES string of the molecule is COC(=O)CC=Cc1cn[nH]c1C(=O)O. The summed E-state index contributed by atoms with van der Waals surface area (Å²) in [6.45, 7) is 0. The fourth-order valence-corrected chi connectivity index (χ4v) is 0.959. The van der Waals surface area contributed by atoms with Crippen molar-refractivity contribution < 1.29 is 19.4 Å². The highest BCUT2D eigenvalue weighted by Crippen LogP contribution is 2.07. The third kappa shape index (κ3) is 2.94. The van der Waals surface area contributed by atoms with Gasteiger partial charge in [-0.3, -0.25) is 9.89 Å². The number of ether oxygens (including phenoxy) is 1. The van der Waals surface area contributed by atoms with Crippen LogP contribution in [0.3, 0.4) is 0 Å². The van der Waals surface area contributed by atoms with Gasteiger partial charge in [-0.05, 0) is 0 Å². The molecule has 1 heterocycles. The molecule has 0 radical (unpaired) electrons. The number of methoxy groups -OCH3 is 1. The van der Waals surface area contributed by atoms with Gasteiger partial charge in [-0.15, -0.1) is 0 Å². The van der Waals surface area contributed by atoms with Gasteiger partial charge in [0.05, 0.1) is 19.7 Å². The van der Waals surface area contributed by atoms with E-state index in [9.17, 15) is 9.59 Å². The summed E-state index contributed by atoms with van der Waals surface area (Å²) in [5.74, 6) is -1.48. The van der Waals surface area contributed by atoms with Gasteiger partial charge in [0.1, 0.15) is 0 Å². The molecule has 1 aromatic heterocycles. The Balaban J connectivity index is 2.68. The van der Waals surface area contributed by atoms with Gasteiger partial charge in [-0.25, -0.2) is 4.79 Å². The molecule has 6 heteroatoms. The number of aromatic carboxylic acids is 1. The smallest absolute Gasteiger partial charge is 0.354 e. The summed E-state index contributed by atoms with van der Waals surface area (Å²) in [6.07, 6.45) is 4.49. The second-order valence-corrected chi connectivity index (χ2v) is 2.69. The molecule has 0 aliphatic rings. The number of aromatic nitrogens is 2. The molecule has 80 valence electrons. The predicted octanol–water partition coefficient (Wildman–Crippen LogP) is 0.684. The van der Waals surface area contributed by atoms with Gasteiger partial charge in [0.25, 0.3) is 0 Å². The molecule has 0 spiro atoms. The van der Waals surface area contributed by atoms with Gasteiger partial charge in [-0.1, -0.05) is 12.2 Å². The lowest BCUT2D eigenvalue weighted by atomic mass is 10.2. The van der Waals surface area contributed by atoms with Crippen LogP contribution >= 0.6 is 0 Å². The van der Waals surface area contributed by atoms with Crippen LogP contribution in [-0.2, 0) is 9.53 Å². The molecule has 0 atom stereocenters. The van der Waals surface area contributed by atoms with Crippen molar-refractivity contribution in [3.05, 3.63) is 23.5 Å². The molecular formula is C9H10N2O4. The minimum atomic E-state index is -1.09. The lowest BCUT2D eigenvalue weighted by molar-refractivity contribution is -0.139. The second-order valence-electron chi connectivity index (χ2n) is 2.69. The number of hydrogen-bond donors (Lipinski definition) is 2. The van der Waals surface area contributed by atoms with E-state index in [0.29, 0.717) is 5.56 Å². The average Bonchev–Trinajstić information content (AvgIpc) is 2.65. The van der Waals surface area contributed by atoms with E-state index >= 15 is 0 Å². The first-order valence-corrected chi connectivity index (χ1v) is 4.15. The molecule has 0 aliphatic heterocycles. The number of carbonyl (C=O) groups is 2. The fourth-order valence-electron chi connectivity index (χ4n) is 0.959. The summed E-state index contributed by atoms with van der Waals surface area (Å²) in [6, 6.07) is 0. The standard InChI is InChI=1S/C9H10N2O4/c1-15-7(12)4-2-3-6-5-10-11-8(6)9(13)14/h2-3,5H,4H2,1H3,(H,10,11)(H,13,14). The average molecular weight is 210 g/mol. The van der Waals surface area contributed by atoms with E-state index in [1.165, 1.54) is 25.5 Å². The van der Waals surface area contributed by atoms with Gasteiger partial charge >= 0.3 is 11.9 Å². The molecule has 6 nitrogen and oxygen atoms in total. The van der Waals surface area contributed by atoms with E-state index in [0.717, 1.165) is 0 Å². The quantitative estimate of drug-likeness (QED) is 0.713. The van der Waals surface area contributed by atoms with Crippen molar-refractivity contribution in [3.63, 3.8) is 0 Å². The molecule has 1 rings (SSSR count). The second kappa shape index (κ2) is 4.94. The summed E-state index contributed by atoms with van der Waals surface area (Å²) >= 11 is 0. The largest absolute Gasteiger partial charge is 0.477 e. The number of hydrogen-bond acceptors (Lipinski definition) is 4. The molecule has 1 aromatic rings. The van der Waals surface area contributed by atoms with Gasteiger partial charge < -0.3 is 9.84 Å². The Kier molecular flexibility index (Phi) is 3.61. The maximum Gasteiger partial charge on any atom is 0.354 e. The first-order chi connectivity index (χ1) is 7.15. The predicted molar refractivity (Wildman–Crippen MR) is 51.2 cm³/mol. The molecule has 0 bridgehead atoms. The minimum Gasteiger partial charge on any atom is -0.477 e. The normalized spacial score (nSPS) is 10.5. The highest BCUT2D eigenvalue weighted by molar-refractivity contribution is 5.89. The molecule has 0 aromatic carbocycles. The maximum absolute atomic E-state index is 10.7. The first kappa shape index (κ1) is 11.0. The molecular weight excluding hydrogens is 200 g/mol. The number of esters is 1. The van der Waals surface area contributed by atoms with E-state index in [2.05, 4.69) is 14.9 Å². The van der Waals surface area contributed by atoms with Crippen LogP contribution in [-0.4, -0.2) is 34.4 Å². The van der Waals surface area contributed by atoms with Crippen LogP contribution < -0.4 is 0 Å². The van der Waals surface area contributed by atoms with Crippen LogP contribution in [0.4, 0.5) is 0 Å². The maximum atomic E-state index is 10.7. The zero-order chi connectivity index (χ0) is 11.3. The lowest BCUT2D eigenvalue weighted by Crippen LogP contribution is -1.99. The Hall–Kier alpha value is -2.11. The Labute approximate surface area is 85.6 Å². The molecule has 0 saturated carbocycles. The summed E-state index contributed by atoms with van der Waals surface area (Å²) in [4.78, 5) is 21.4. The fraction of sp³-hybridized carbons (Fsp3) is 0.222. The van der Waals surface area contributed by atoms with Crippen molar-refractivity contribution in [2.75, 3.05) is 7.11 Å². The van der Waals surface area contributed by atoms with E-state index in [-0.39, 0.29) is 18.1 Å². The number of aromatic amines is 1. The Morgan fingerprint density at radius 2 is 2.40 bits per heavy atom.